The Balaban J connectivity index is 1.88. The third-order valence-corrected chi connectivity index (χ3v) is 4.79. The second-order valence-corrected chi connectivity index (χ2v) is 7.28. The number of nitrogens with one attached hydrogen (secondary N) is 1. The molecule has 0 unspecified atom stereocenters. The SMILES string of the molecule is CCCCOc1ncccc1CNC(=O)c1nn(-c2ccccc2C(F)(F)F)c(C)cc1=O. The van der Waals surface area contributed by atoms with E-state index in [-0.39, 0.29) is 17.9 Å². The molecular weight excluding hydrogens is 437 g/mol. The van der Waals surface area contributed by atoms with Crippen LogP contribution in [0.4, 0.5) is 13.2 Å². The number of amides is 1. The van der Waals surface area contributed by atoms with Crippen LogP contribution in [0.25, 0.3) is 5.69 Å². The predicted molar refractivity (Wildman–Crippen MR) is 115 cm³/mol. The van der Waals surface area contributed by atoms with Gasteiger partial charge >= 0.3 is 6.18 Å². The summed E-state index contributed by atoms with van der Waals surface area (Å²) >= 11 is 0. The molecule has 0 aliphatic rings. The fourth-order valence-corrected chi connectivity index (χ4v) is 3.11. The molecule has 10 heteroatoms. The van der Waals surface area contributed by atoms with Crippen LogP contribution in [0.2, 0.25) is 0 Å². The minimum absolute atomic E-state index is 0.00225. The highest BCUT2D eigenvalue weighted by molar-refractivity contribution is 5.92. The number of hydrogen-bond acceptors (Lipinski definition) is 5. The number of ether oxygens (including phenoxy) is 1. The minimum atomic E-state index is -4.63. The van der Waals surface area contributed by atoms with E-state index < -0.39 is 28.8 Å². The van der Waals surface area contributed by atoms with Crippen molar-refractivity contribution in [3.8, 4) is 11.6 Å². The van der Waals surface area contributed by atoms with E-state index in [2.05, 4.69) is 15.4 Å². The van der Waals surface area contributed by atoms with Crippen molar-refractivity contribution in [1.29, 1.82) is 0 Å². The highest BCUT2D eigenvalue weighted by atomic mass is 19.4. The van der Waals surface area contributed by atoms with Gasteiger partial charge in [0.2, 0.25) is 11.3 Å². The molecule has 3 rings (SSSR count). The maximum atomic E-state index is 13.5. The number of carbonyl (C=O) groups is 1. The number of unbranched alkanes of at least 4 members (excludes halogenated alkanes) is 1. The standard InChI is InChI=1S/C23H23F3N4O3/c1-3-4-12-33-22-16(8-7-11-27-22)14-28-21(32)20-19(31)13-15(2)30(29-20)18-10-6-5-9-17(18)23(24,25)26/h5-11,13H,3-4,12,14H2,1-2H3,(H,28,32). The summed E-state index contributed by atoms with van der Waals surface area (Å²) in [6, 6.07) is 9.30. The number of pyridine rings is 1. The molecule has 0 saturated heterocycles. The van der Waals surface area contributed by atoms with E-state index in [0.29, 0.717) is 18.1 Å². The summed E-state index contributed by atoms with van der Waals surface area (Å²) in [6.45, 7) is 3.94. The monoisotopic (exact) mass is 460 g/mol. The van der Waals surface area contributed by atoms with E-state index in [1.165, 1.54) is 25.1 Å². The van der Waals surface area contributed by atoms with Gasteiger partial charge in [0, 0.05) is 30.1 Å². The summed E-state index contributed by atoms with van der Waals surface area (Å²) in [5, 5.41) is 6.53. The van der Waals surface area contributed by atoms with Crippen LogP contribution >= 0.6 is 0 Å². The van der Waals surface area contributed by atoms with Crippen LogP contribution in [-0.4, -0.2) is 27.3 Å². The third kappa shape index (κ3) is 5.76. The van der Waals surface area contributed by atoms with Crippen molar-refractivity contribution < 1.29 is 22.7 Å². The van der Waals surface area contributed by atoms with Crippen molar-refractivity contribution in [1.82, 2.24) is 20.1 Å². The van der Waals surface area contributed by atoms with Crippen LogP contribution in [-0.2, 0) is 12.7 Å². The fourth-order valence-electron chi connectivity index (χ4n) is 3.11. The van der Waals surface area contributed by atoms with Crippen molar-refractivity contribution in [2.75, 3.05) is 6.61 Å². The van der Waals surface area contributed by atoms with Gasteiger partial charge < -0.3 is 10.1 Å². The van der Waals surface area contributed by atoms with Gasteiger partial charge in [-0.15, -0.1) is 0 Å². The Hall–Kier alpha value is -3.69. The number of carbonyl (C=O) groups excluding carboxylic acids is 1. The zero-order chi connectivity index (χ0) is 24.0. The Labute approximate surface area is 188 Å². The highest BCUT2D eigenvalue weighted by Crippen LogP contribution is 2.33. The zero-order valence-corrected chi connectivity index (χ0v) is 18.1. The van der Waals surface area contributed by atoms with Crippen LogP contribution in [0.5, 0.6) is 5.88 Å². The Morgan fingerprint density at radius 1 is 1.18 bits per heavy atom. The molecule has 0 fully saturated rings. The summed E-state index contributed by atoms with van der Waals surface area (Å²) in [7, 11) is 0. The van der Waals surface area contributed by atoms with Gasteiger partial charge in [0.15, 0.2) is 5.69 Å². The molecular formula is C23H23F3N4O3. The van der Waals surface area contributed by atoms with Crippen LogP contribution in [0, 0.1) is 6.92 Å². The van der Waals surface area contributed by atoms with E-state index in [9.17, 15) is 22.8 Å². The van der Waals surface area contributed by atoms with E-state index in [1.54, 1.807) is 18.3 Å². The quantitative estimate of drug-likeness (QED) is 0.513. The molecule has 0 aliphatic heterocycles. The molecule has 7 nitrogen and oxygen atoms in total. The lowest BCUT2D eigenvalue weighted by Crippen LogP contribution is -2.32. The van der Waals surface area contributed by atoms with E-state index in [0.717, 1.165) is 29.7 Å². The molecule has 1 N–H and O–H groups in total. The lowest BCUT2D eigenvalue weighted by atomic mass is 10.1. The molecule has 2 aromatic heterocycles. The van der Waals surface area contributed by atoms with E-state index in [1.807, 2.05) is 6.92 Å². The number of hydrogen-bond donors (Lipinski definition) is 1. The molecule has 0 spiro atoms. The Bertz CT molecular complexity index is 1190. The second-order valence-electron chi connectivity index (χ2n) is 7.28. The molecule has 174 valence electrons. The lowest BCUT2D eigenvalue weighted by molar-refractivity contribution is -0.137. The van der Waals surface area contributed by atoms with Crippen molar-refractivity contribution in [3.05, 3.63) is 81.4 Å². The largest absolute Gasteiger partial charge is 0.477 e. The number of aryl methyl sites for hydroxylation is 1. The van der Waals surface area contributed by atoms with Gasteiger partial charge in [0.25, 0.3) is 5.91 Å². The summed E-state index contributed by atoms with van der Waals surface area (Å²) in [5.41, 5.74) is -1.68. The van der Waals surface area contributed by atoms with Crippen molar-refractivity contribution in [2.24, 2.45) is 0 Å². The van der Waals surface area contributed by atoms with Crippen molar-refractivity contribution in [2.45, 2.75) is 39.4 Å². The van der Waals surface area contributed by atoms with Crippen LogP contribution in [0.15, 0.2) is 53.5 Å². The van der Waals surface area contributed by atoms with Crippen LogP contribution < -0.4 is 15.5 Å². The Kier molecular flexibility index (Phi) is 7.47. The predicted octanol–water partition coefficient (Wildman–Crippen LogP) is 4.06. The number of nitrogens with zero attached hydrogens (tertiary/aromatic N) is 3. The first-order valence-electron chi connectivity index (χ1n) is 10.3. The van der Waals surface area contributed by atoms with E-state index in [4.69, 9.17) is 4.74 Å². The molecule has 1 aromatic carbocycles. The first-order chi connectivity index (χ1) is 15.7. The van der Waals surface area contributed by atoms with Crippen LogP contribution in [0.1, 0.15) is 47.1 Å². The Morgan fingerprint density at radius 2 is 1.94 bits per heavy atom. The number of rotatable bonds is 8. The van der Waals surface area contributed by atoms with Crippen molar-refractivity contribution in [3.63, 3.8) is 0 Å². The minimum Gasteiger partial charge on any atom is -0.477 e. The summed E-state index contributed by atoms with van der Waals surface area (Å²) in [6.07, 6.45) is -1.29. The molecule has 0 bridgehead atoms. The average Bonchev–Trinajstić information content (AvgIpc) is 2.78. The van der Waals surface area contributed by atoms with E-state index >= 15 is 0 Å². The van der Waals surface area contributed by atoms with Gasteiger partial charge in [-0.25, -0.2) is 9.67 Å². The van der Waals surface area contributed by atoms with Gasteiger partial charge in [-0.2, -0.15) is 18.3 Å². The molecule has 0 atom stereocenters. The van der Waals surface area contributed by atoms with Gasteiger partial charge in [-0.05, 0) is 31.5 Å². The second kappa shape index (κ2) is 10.3. The van der Waals surface area contributed by atoms with Crippen LogP contribution in [0.3, 0.4) is 0 Å². The van der Waals surface area contributed by atoms with Gasteiger partial charge in [-0.3, -0.25) is 9.59 Å². The normalized spacial score (nSPS) is 11.3. The average molecular weight is 460 g/mol. The number of aromatic nitrogens is 3. The molecule has 2 heterocycles. The maximum absolute atomic E-state index is 13.5. The molecule has 0 radical (unpaired) electrons. The summed E-state index contributed by atoms with van der Waals surface area (Å²) in [4.78, 5) is 29.3. The molecule has 0 aliphatic carbocycles. The number of para-hydroxylation sites is 1. The smallest absolute Gasteiger partial charge is 0.418 e. The maximum Gasteiger partial charge on any atom is 0.418 e. The fraction of sp³-hybridized carbons (Fsp3) is 0.304. The lowest BCUT2D eigenvalue weighted by Gasteiger charge is -2.16. The van der Waals surface area contributed by atoms with Gasteiger partial charge in [0.1, 0.15) is 0 Å². The number of benzene rings is 1. The third-order valence-electron chi connectivity index (χ3n) is 4.79. The van der Waals surface area contributed by atoms with Crippen molar-refractivity contribution >= 4 is 5.91 Å². The first kappa shape index (κ1) is 24.0. The molecule has 3 aromatic rings. The van der Waals surface area contributed by atoms with Gasteiger partial charge in [0.05, 0.1) is 17.9 Å². The molecule has 1 amide bonds. The summed E-state index contributed by atoms with van der Waals surface area (Å²) < 4.78 is 47.0. The number of alkyl halides is 3. The molecule has 33 heavy (non-hydrogen) atoms. The topological polar surface area (TPSA) is 86.1 Å². The highest BCUT2D eigenvalue weighted by Gasteiger charge is 2.34. The zero-order valence-electron chi connectivity index (χ0n) is 18.1. The summed E-state index contributed by atoms with van der Waals surface area (Å²) in [5.74, 6) is -0.457. The first-order valence-corrected chi connectivity index (χ1v) is 10.3. The Morgan fingerprint density at radius 3 is 2.67 bits per heavy atom. The molecule has 0 saturated carbocycles. The number of halogens is 3. The van der Waals surface area contributed by atoms with Gasteiger partial charge in [-0.1, -0.05) is 31.5 Å².